The second-order valence-corrected chi connectivity index (χ2v) is 2.07. The van der Waals surface area contributed by atoms with Gasteiger partial charge in [-0.1, -0.05) is 4.85 Å². The Labute approximate surface area is 121 Å². The van der Waals surface area contributed by atoms with E-state index in [-0.39, 0.29) is 0 Å². The van der Waals surface area contributed by atoms with Gasteiger partial charge < -0.3 is 45.4 Å². The second kappa shape index (κ2) is 21.9. The zero-order valence-electron chi connectivity index (χ0n) is 10.3. The Morgan fingerprint density at radius 2 is 0.909 bits per heavy atom. The third-order valence-electron chi connectivity index (χ3n) is 0.410. The summed E-state index contributed by atoms with van der Waals surface area (Å²) < 4.78 is 40.4. The number of nitrogens with zero attached hydrogens (tertiary/aromatic N) is 3. The number of rotatable bonds is 0. The first-order chi connectivity index (χ1) is 9.82. The molecule has 0 amide bonds. The molecule has 0 fully saturated rings. The molecule has 128 valence electrons. The van der Waals surface area contributed by atoms with Crippen molar-refractivity contribution >= 4 is 29.6 Å². The van der Waals surface area contributed by atoms with Crippen LogP contribution in [0.5, 0.6) is 0 Å². The van der Waals surface area contributed by atoms with Crippen molar-refractivity contribution in [3.63, 3.8) is 0 Å². The van der Waals surface area contributed by atoms with Crippen LogP contribution >= 0.6 is 0 Å². The molecule has 20 heteroatoms. The minimum Gasteiger partial charge on any atom is -0.411 e. The van der Waals surface area contributed by atoms with E-state index >= 15 is 0 Å². The highest BCUT2D eigenvalue weighted by molar-refractivity contribution is 6.32. The van der Waals surface area contributed by atoms with Crippen molar-refractivity contribution < 1.29 is 62.7 Å². The van der Waals surface area contributed by atoms with Crippen molar-refractivity contribution in [3.05, 3.63) is 12.4 Å². The van der Waals surface area contributed by atoms with E-state index in [0.717, 1.165) is 0 Å². The highest BCUT2D eigenvalue weighted by Crippen LogP contribution is 1.65. The van der Waals surface area contributed by atoms with Gasteiger partial charge in [-0.3, -0.25) is 17.3 Å². The lowest BCUT2D eigenvalue weighted by Gasteiger charge is -1.74. The monoisotopic (exact) mass is 341 g/mol. The minimum atomic E-state index is -2.67. The Kier molecular flexibility index (Phi) is 28.6. The molecule has 1 aromatic heterocycles. The van der Waals surface area contributed by atoms with Gasteiger partial charge in [0, 0.05) is 0 Å². The standard InChI is InChI=1S/C2H3N3O.4BFH2O2/c6-5-2-1-3-4-5;4*2-1(3)4/h1-2,6H;4*3-4H. The van der Waals surface area contributed by atoms with Crippen LogP contribution in [0, 0.1) is 0 Å². The van der Waals surface area contributed by atoms with Crippen LogP contribution in [0.2, 0.25) is 0 Å². The summed E-state index contributed by atoms with van der Waals surface area (Å²) in [7, 11) is -10.7. The molecular weight excluding hydrogens is 329 g/mol. The minimum absolute atomic E-state index is 0.639. The van der Waals surface area contributed by atoms with Gasteiger partial charge in [-0.15, -0.1) is 5.10 Å². The van der Waals surface area contributed by atoms with Crippen molar-refractivity contribution in [1.29, 1.82) is 0 Å². The molecule has 0 saturated heterocycles. The summed E-state index contributed by atoms with van der Waals surface area (Å²) in [6, 6.07) is 0. The Hall–Kier alpha value is -1.40. The SMILES string of the molecule is OB(O)F.OB(O)F.OB(O)F.OB(O)F.On1ccnn1. The van der Waals surface area contributed by atoms with Gasteiger partial charge in [-0.05, 0) is 5.21 Å². The molecule has 0 aliphatic rings. The van der Waals surface area contributed by atoms with Gasteiger partial charge in [-0.25, -0.2) is 0 Å². The molecular formula is C2H11B4F4N3O9. The first kappa shape index (κ1) is 28.7. The molecule has 9 N–H and O–H groups in total. The third-order valence-corrected chi connectivity index (χ3v) is 0.410. The number of halogens is 4. The van der Waals surface area contributed by atoms with E-state index < -0.39 is 29.6 Å². The molecule has 0 radical (unpaired) electrons. The molecule has 0 aliphatic carbocycles. The Bertz CT molecular complexity index is 249. The van der Waals surface area contributed by atoms with E-state index in [4.69, 9.17) is 45.4 Å². The fourth-order valence-electron chi connectivity index (χ4n) is 0.202. The first-order valence-electron chi connectivity index (χ1n) is 4.39. The summed E-state index contributed by atoms with van der Waals surface area (Å²) >= 11 is 0. The molecule has 0 unspecified atom stereocenters. The first-order valence-corrected chi connectivity index (χ1v) is 4.39. The summed E-state index contributed by atoms with van der Waals surface area (Å²) in [5, 5.41) is 70.2. The normalized spacial score (nSPS) is 7.27. The Balaban J connectivity index is -0.0000000937. The molecule has 0 spiro atoms. The Morgan fingerprint density at radius 1 is 0.682 bits per heavy atom. The lowest BCUT2D eigenvalue weighted by Crippen LogP contribution is -1.98. The van der Waals surface area contributed by atoms with Gasteiger partial charge >= 0.3 is 29.6 Å². The quantitative estimate of drug-likeness (QED) is 0.124. The van der Waals surface area contributed by atoms with Gasteiger partial charge in [0.1, 0.15) is 0 Å². The average Bonchev–Trinajstić information content (AvgIpc) is 2.64. The van der Waals surface area contributed by atoms with Crippen LogP contribution in [0.3, 0.4) is 0 Å². The van der Waals surface area contributed by atoms with Crippen LogP contribution in [-0.4, -0.2) is 90.1 Å². The zero-order chi connectivity index (χ0) is 18.7. The van der Waals surface area contributed by atoms with Crippen molar-refractivity contribution in [2.24, 2.45) is 0 Å². The lowest BCUT2D eigenvalue weighted by atomic mass is 10.3. The summed E-state index contributed by atoms with van der Waals surface area (Å²) in [5.74, 6) is 0. The molecule has 1 heterocycles. The smallest absolute Gasteiger partial charge is 0.411 e. The maximum absolute atomic E-state index is 10.1. The summed E-state index contributed by atoms with van der Waals surface area (Å²) in [4.78, 5) is 0.639. The number of aromatic nitrogens is 3. The van der Waals surface area contributed by atoms with Crippen molar-refractivity contribution in [2.75, 3.05) is 0 Å². The van der Waals surface area contributed by atoms with E-state index in [9.17, 15) is 17.3 Å². The van der Waals surface area contributed by atoms with Gasteiger partial charge in [0.05, 0.1) is 12.4 Å². The van der Waals surface area contributed by atoms with E-state index in [2.05, 4.69) is 10.3 Å². The van der Waals surface area contributed by atoms with E-state index in [1.807, 2.05) is 0 Å². The van der Waals surface area contributed by atoms with Crippen molar-refractivity contribution in [2.45, 2.75) is 0 Å². The van der Waals surface area contributed by atoms with Gasteiger partial charge in [0.2, 0.25) is 0 Å². The second-order valence-electron chi connectivity index (χ2n) is 2.07. The van der Waals surface area contributed by atoms with Crippen LogP contribution in [0.1, 0.15) is 0 Å². The van der Waals surface area contributed by atoms with Gasteiger partial charge in [0.25, 0.3) is 0 Å². The summed E-state index contributed by atoms with van der Waals surface area (Å²) in [6.07, 6.45) is 2.72. The molecule has 12 nitrogen and oxygen atoms in total. The molecule has 0 aromatic carbocycles. The molecule has 0 saturated carbocycles. The largest absolute Gasteiger partial charge is 0.674 e. The fraction of sp³-hybridized carbons (Fsp3) is 0. The van der Waals surface area contributed by atoms with Crippen LogP contribution in [0.25, 0.3) is 0 Å². The predicted molar refractivity (Wildman–Crippen MR) is 62.4 cm³/mol. The molecule has 1 aromatic rings. The molecule has 0 bridgehead atoms. The van der Waals surface area contributed by atoms with Crippen LogP contribution in [-0.2, 0) is 0 Å². The number of hydrogen-bond acceptors (Lipinski definition) is 11. The van der Waals surface area contributed by atoms with E-state index in [1.54, 1.807) is 0 Å². The van der Waals surface area contributed by atoms with E-state index in [0.29, 0.717) is 4.85 Å². The van der Waals surface area contributed by atoms with Crippen molar-refractivity contribution in [1.82, 2.24) is 15.2 Å². The maximum Gasteiger partial charge on any atom is 0.674 e. The molecule has 0 aliphatic heterocycles. The topological polar surface area (TPSA) is 213 Å². The molecule has 22 heavy (non-hydrogen) atoms. The van der Waals surface area contributed by atoms with Crippen LogP contribution in [0.15, 0.2) is 12.4 Å². The molecule has 0 atom stereocenters. The van der Waals surface area contributed by atoms with Gasteiger partial charge in [-0.2, -0.15) is 0 Å². The zero-order valence-corrected chi connectivity index (χ0v) is 10.3. The third kappa shape index (κ3) is 184. The maximum atomic E-state index is 10.1. The highest BCUT2D eigenvalue weighted by atomic mass is 19.1. The average molecular weight is 340 g/mol. The van der Waals surface area contributed by atoms with Gasteiger partial charge in [0.15, 0.2) is 0 Å². The Morgan fingerprint density at radius 3 is 0.955 bits per heavy atom. The van der Waals surface area contributed by atoms with Crippen LogP contribution < -0.4 is 0 Å². The molecule has 1 rings (SSSR count). The predicted octanol–water partition coefficient (Wildman–Crippen LogP) is -4.78. The summed E-state index contributed by atoms with van der Waals surface area (Å²) in [6.45, 7) is 0. The fourth-order valence-corrected chi connectivity index (χ4v) is 0.202. The number of hydrogen-bond donors (Lipinski definition) is 9. The highest BCUT2D eigenvalue weighted by Gasteiger charge is 1.98. The van der Waals surface area contributed by atoms with Crippen LogP contribution in [0.4, 0.5) is 17.3 Å². The summed E-state index contributed by atoms with van der Waals surface area (Å²) in [5.41, 5.74) is 0. The van der Waals surface area contributed by atoms with Crippen molar-refractivity contribution in [3.8, 4) is 0 Å². The lowest BCUT2D eigenvalue weighted by molar-refractivity contribution is 0.143. The van der Waals surface area contributed by atoms with E-state index in [1.165, 1.54) is 12.4 Å².